The van der Waals surface area contributed by atoms with Crippen molar-refractivity contribution in [2.45, 2.75) is 57.4 Å². The van der Waals surface area contributed by atoms with Gasteiger partial charge in [0, 0.05) is 6.04 Å². The van der Waals surface area contributed by atoms with Crippen molar-refractivity contribution in [3.8, 4) is 17.2 Å². The molecule has 0 spiro atoms. The molecule has 3 aromatic carbocycles. The van der Waals surface area contributed by atoms with Crippen molar-refractivity contribution in [2.75, 3.05) is 19.8 Å². The van der Waals surface area contributed by atoms with Crippen molar-refractivity contribution in [3.05, 3.63) is 89.5 Å². The molecule has 1 fully saturated rings. The highest BCUT2D eigenvalue weighted by Gasteiger charge is 2.32. The fourth-order valence-electron chi connectivity index (χ4n) is 5.12. The number of ether oxygens (including phenoxy) is 3. The van der Waals surface area contributed by atoms with E-state index in [1.807, 2.05) is 54.6 Å². The van der Waals surface area contributed by atoms with Gasteiger partial charge in [0.1, 0.15) is 17.2 Å². The van der Waals surface area contributed by atoms with Crippen LogP contribution in [0.5, 0.6) is 17.2 Å². The lowest BCUT2D eigenvalue weighted by atomic mass is 9.84. The van der Waals surface area contributed by atoms with E-state index in [1.54, 1.807) is 0 Å². The summed E-state index contributed by atoms with van der Waals surface area (Å²) in [5.41, 5.74) is 1.16. The summed E-state index contributed by atoms with van der Waals surface area (Å²) in [5.74, 6) is -1.35. The second-order valence-electron chi connectivity index (χ2n) is 10.6. The number of para-hydroxylation sites is 1. The van der Waals surface area contributed by atoms with E-state index in [2.05, 4.69) is 5.32 Å². The van der Waals surface area contributed by atoms with Crippen molar-refractivity contribution in [1.29, 1.82) is 0 Å². The zero-order valence-corrected chi connectivity index (χ0v) is 24.2. The van der Waals surface area contributed by atoms with Gasteiger partial charge in [0.15, 0.2) is 0 Å². The molecule has 1 aliphatic rings. The molecule has 228 valence electrons. The number of amides is 1. The van der Waals surface area contributed by atoms with Crippen LogP contribution in [0.4, 0.5) is 0 Å². The molecule has 43 heavy (non-hydrogen) atoms. The van der Waals surface area contributed by atoms with Crippen LogP contribution in [0.2, 0.25) is 0 Å². The lowest BCUT2D eigenvalue weighted by molar-refractivity contribution is -0.143. The zero-order valence-electron chi connectivity index (χ0n) is 24.2. The van der Waals surface area contributed by atoms with E-state index in [9.17, 15) is 24.6 Å². The van der Waals surface area contributed by atoms with Gasteiger partial charge < -0.3 is 29.7 Å². The molecule has 4 rings (SSSR count). The van der Waals surface area contributed by atoms with Gasteiger partial charge >= 0.3 is 11.9 Å². The molecule has 1 saturated carbocycles. The summed E-state index contributed by atoms with van der Waals surface area (Å²) in [6.07, 6.45) is 5.89. The van der Waals surface area contributed by atoms with E-state index >= 15 is 0 Å². The van der Waals surface area contributed by atoms with Crippen LogP contribution in [0.3, 0.4) is 0 Å². The standard InChI is InChI=1S/C34H39NO8/c36-32(35-30-13-5-4-12-28(30)34(39)40)29-23-25(33(37)38)16-19-31(29)43-22-8-9-24-14-17-27(18-15-24)42-21-7-6-20-41-26-10-2-1-3-11-26/h1-3,10-11,14-19,23,28,30H,4-9,12-13,20-22H2,(H,35,36)(H,37,38)(H,39,40)/t28-,30?/m0/s1. The first-order valence-electron chi connectivity index (χ1n) is 14.8. The second-order valence-corrected chi connectivity index (χ2v) is 10.6. The summed E-state index contributed by atoms with van der Waals surface area (Å²) in [6.45, 7) is 1.58. The fraction of sp³-hybridized carbons (Fsp3) is 0.382. The van der Waals surface area contributed by atoms with Crippen molar-refractivity contribution >= 4 is 17.8 Å². The number of hydrogen-bond donors (Lipinski definition) is 3. The highest BCUT2D eigenvalue weighted by Crippen LogP contribution is 2.27. The number of carboxylic acid groups (broad SMARTS) is 2. The Kier molecular flexibility index (Phi) is 11.8. The molecule has 9 nitrogen and oxygen atoms in total. The van der Waals surface area contributed by atoms with Gasteiger partial charge in [-0.25, -0.2) is 4.79 Å². The molecular formula is C34H39NO8. The first-order valence-corrected chi connectivity index (χ1v) is 14.8. The molecule has 0 heterocycles. The largest absolute Gasteiger partial charge is 0.494 e. The molecule has 0 saturated heterocycles. The van der Waals surface area contributed by atoms with E-state index < -0.39 is 29.8 Å². The number of carbonyl (C=O) groups is 3. The van der Waals surface area contributed by atoms with Gasteiger partial charge in [-0.2, -0.15) is 0 Å². The Morgan fingerprint density at radius 3 is 2.07 bits per heavy atom. The molecular weight excluding hydrogens is 550 g/mol. The Bertz CT molecular complexity index is 1340. The lowest BCUT2D eigenvalue weighted by Gasteiger charge is -2.29. The minimum absolute atomic E-state index is 0.0428. The lowest BCUT2D eigenvalue weighted by Crippen LogP contribution is -2.45. The summed E-state index contributed by atoms with van der Waals surface area (Å²) in [4.78, 5) is 36.4. The van der Waals surface area contributed by atoms with E-state index in [0.717, 1.165) is 49.2 Å². The number of aromatic carboxylic acids is 1. The number of carbonyl (C=O) groups excluding carboxylic acids is 1. The topological polar surface area (TPSA) is 131 Å². The number of benzene rings is 3. The van der Waals surface area contributed by atoms with Crippen LogP contribution in [0.1, 0.15) is 71.2 Å². The molecule has 1 unspecified atom stereocenters. The number of aliphatic carboxylic acids is 1. The maximum absolute atomic E-state index is 13.2. The smallest absolute Gasteiger partial charge is 0.335 e. The van der Waals surface area contributed by atoms with Gasteiger partial charge in [-0.05, 0) is 86.6 Å². The van der Waals surface area contributed by atoms with Crippen molar-refractivity contribution in [2.24, 2.45) is 5.92 Å². The number of aryl methyl sites for hydroxylation is 1. The normalized spacial score (nSPS) is 16.2. The zero-order chi connectivity index (χ0) is 30.4. The minimum Gasteiger partial charge on any atom is -0.494 e. The first-order chi connectivity index (χ1) is 20.9. The Balaban J connectivity index is 1.22. The molecule has 0 radical (unpaired) electrons. The Labute approximate surface area is 251 Å². The number of unbranched alkanes of at least 4 members (excludes halogenated alkanes) is 1. The second kappa shape index (κ2) is 16.2. The number of carboxylic acids is 2. The number of rotatable bonds is 16. The van der Waals surface area contributed by atoms with Crippen LogP contribution in [0.25, 0.3) is 0 Å². The summed E-state index contributed by atoms with van der Waals surface area (Å²) >= 11 is 0. The van der Waals surface area contributed by atoms with Gasteiger partial charge in [0.05, 0.1) is 36.9 Å². The third-order valence-corrected chi connectivity index (χ3v) is 7.48. The summed E-state index contributed by atoms with van der Waals surface area (Å²) in [5, 5.41) is 21.8. The predicted molar refractivity (Wildman–Crippen MR) is 161 cm³/mol. The van der Waals surface area contributed by atoms with Crippen LogP contribution in [0, 0.1) is 5.92 Å². The quantitative estimate of drug-likeness (QED) is 0.173. The van der Waals surface area contributed by atoms with Crippen LogP contribution in [-0.4, -0.2) is 53.9 Å². The summed E-state index contributed by atoms with van der Waals surface area (Å²) < 4.78 is 17.4. The molecule has 0 aliphatic heterocycles. The third kappa shape index (κ3) is 9.77. The highest BCUT2D eigenvalue weighted by molar-refractivity contribution is 6.00. The molecule has 3 N–H and O–H groups in total. The van der Waals surface area contributed by atoms with Gasteiger partial charge in [0.2, 0.25) is 0 Å². The summed E-state index contributed by atoms with van der Waals surface area (Å²) in [6, 6.07) is 21.3. The van der Waals surface area contributed by atoms with E-state index in [0.29, 0.717) is 39.1 Å². The molecule has 9 heteroatoms. The Morgan fingerprint density at radius 1 is 0.744 bits per heavy atom. The van der Waals surface area contributed by atoms with Gasteiger partial charge in [-0.15, -0.1) is 0 Å². The Morgan fingerprint density at radius 2 is 1.40 bits per heavy atom. The summed E-state index contributed by atoms with van der Waals surface area (Å²) in [7, 11) is 0. The number of hydrogen-bond acceptors (Lipinski definition) is 6. The SMILES string of the molecule is O=C(O)c1ccc(OCCCc2ccc(OCCCCOc3ccccc3)cc2)c(C(=O)NC2CCCC[C@@H]2C(=O)O)c1. The fourth-order valence-corrected chi connectivity index (χ4v) is 5.12. The first kappa shape index (κ1) is 31.4. The van der Waals surface area contributed by atoms with Crippen molar-refractivity contribution < 1.29 is 38.8 Å². The van der Waals surface area contributed by atoms with Crippen molar-refractivity contribution in [3.63, 3.8) is 0 Å². The molecule has 0 bridgehead atoms. The van der Waals surface area contributed by atoms with Crippen LogP contribution in [-0.2, 0) is 11.2 Å². The number of nitrogens with one attached hydrogen (secondary N) is 1. The highest BCUT2D eigenvalue weighted by atomic mass is 16.5. The Hall–Kier alpha value is -4.53. The average Bonchev–Trinajstić information content (AvgIpc) is 3.02. The maximum Gasteiger partial charge on any atom is 0.335 e. The van der Waals surface area contributed by atoms with Crippen molar-refractivity contribution in [1.82, 2.24) is 5.32 Å². The van der Waals surface area contributed by atoms with Gasteiger partial charge in [0.25, 0.3) is 5.91 Å². The van der Waals surface area contributed by atoms with Crippen LogP contribution in [0.15, 0.2) is 72.8 Å². The molecule has 1 amide bonds. The molecule has 1 aliphatic carbocycles. The van der Waals surface area contributed by atoms with Crippen LogP contribution >= 0.6 is 0 Å². The van der Waals surface area contributed by atoms with Crippen LogP contribution < -0.4 is 19.5 Å². The van der Waals surface area contributed by atoms with Gasteiger partial charge in [-0.1, -0.05) is 43.2 Å². The monoisotopic (exact) mass is 589 g/mol. The van der Waals surface area contributed by atoms with Gasteiger partial charge in [-0.3, -0.25) is 9.59 Å². The van der Waals surface area contributed by atoms with E-state index in [4.69, 9.17) is 14.2 Å². The molecule has 3 aromatic rings. The maximum atomic E-state index is 13.2. The minimum atomic E-state index is -1.16. The average molecular weight is 590 g/mol. The van der Waals surface area contributed by atoms with E-state index in [-0.39, 0.29) is 16.9 Å². The predicted octanol–water partition coefficient (Wildman–Crippen LogP) is 6.01. The molecule has 0 aromatic heterocycles. The molecule has 2 atom stereocenters. The van der Waals surface area contributed by atoms with E-state index in [1.165, 1.54) is 18.2 Å². The third-order valence-electron chi connectivity index (χ3n) is 7.48.